The molecule has 0 unspecified atom stereocenters. The van der Waals surface area contributed by atoms with Crippen LogP contribution in [0.1, 0.15) is 34.3 Å². The summed E-state index contributed by atoms with van der Waals surface area (Å²) >= 11 is 0. The van der Waals surface area contributed by atoms with Crippen LogP contribution in [-0.4, -0.2) is 12.5 Å². The molecule has 0 atom stereocenters. The van der Waals surface area contributed by atoms with E-state index in [-0.39, 0.29) is 0 Å². The Morgan fingerprint density at radius 1 is 0.889 bits per heavy atom. The van der Waals surface area contributed by atoms with Crippen molar-refractivity contribution >= 4 is 5.91 Å². The van der Waals surface area contributed by atoms with Gasteiger partial charge in [-0.05, 0) is 67.1 Å². The van der Waals surface area contributed by atoms with E-state index in [1.165, 1.54) is 11.1 Å². The number of nitrogens with two attached hydrogens (primary N) is 1. The molecule has 0 aromatic heterocycles. The molecule has 0 bridgehead atoms. The van der Waals surface area contributed by atoms with E-state index in [0.717, 1.165) is 36.1 Å². The molecule has 3 rings (SSSR count). The first kappa shape index (κ1) is 18.7. The Kier molecular flexibility index (Phi) is 6.26. The van der Waals surface area contributed by atoms with Gasteiger partial charge in [-0.1, -0.05) is 54.1 Å². The Morgan fingerprint density at radius 2 is 1.63 bits per heavy atom. The Bertz CT molecular complexity index is 883. The van der Waals surface area contributed by atoms with Gasteiger partial charge in [-0.2, -0.15) is 0 Å². The molecule has 138 valence electrons. The Balaban J connectivity index is 1.47. The van der Waals surface area contributed by atoms with Gasteiger partial charge in [-0.3, -0.25) is 4.79 Å². The summed E-state index contributed by atoms with van der Waals surface area (Å²) in [5.41, 5.74) is 10.5. The van der Waals surface area contributed by atoms with E-state index in [0.29, 0.717) is 12.2 Å². The summed E-state index contributed by atoms with van der Waals surface area (Å²) < 4.78 is 5.84. The highest BCUT2D eigenvalue weighted by atomic mass is 16.5. The van der Waals surface area contributed by atoms with Crippen LogP contribution in [-0.2, 0) is 6.42 Å². The maximum Gasteiger partial charge on any atom is 0.248 e. The third-order valence-corrected chi connectivity index (χ3v) is 4.58. The molecule has 3 aromatic rings. The summed E-state index contributed by atoms with van der Waals surface area (Å²) in [6.07, 6.45) is 3.22. The SMILES string of the molecule is Cc1ccc(CCCCOc2ccc(-c3cccc(C(N)=O)c3)cc2)cc1. The zero-order valence-corrected chi connectivity index (χ0v) is 15.7. The van der Waals surface area contributed by atoms with E-state index in [2.05, 4.69) is 31.2 Å². The molecule has 0 fully saturated rings. The summed E-state index contributed by atoms with van der Waals surface area (Å²) in [4.78, 5) is 11.3. The number of hydrogen-bond acceptors (Lipinski definition) is 2. The number of hydrogen-bond donors (Lipinski definition) is 1. The smallest absolute Gasteiger partial charge is 0.248 e. The number of rotatable bonds is 8. The molecule has 0 aliphatic carbocycles. The van der Waals surface area contributed by atoms with Crippen LogP contribution in [0.2, 0.25) is 0 Å². The third kappa shape index (κ3) is 5.45. The molecule has 3 nitrogen and oxygen atoms in total. The average Bonchev–Trinajstić information content (AvgIpc) is 2.70. The first-order chi connectivity index (χ1) is 13.1. The molecule has 3 aromatic carbocycles. The standard InChI is InChI=1S/C24H25NO2/c1-18-8-10-19(11-9-18)5-2-3-16-27-23-14-12-20(13-15-23)21-6-4-7-22(17-21)24(25)26/h4,6-15,17H,2-3,5,16H2,1H3,(H2,25,26). The topological polar surface area (TPSA) is 52.3 Å². The van der Waals surface area contributed by atoms with Crippen LogP contribution in [0.3, 0.4) is 0 Å². The van der Waals surface area contributed by atoms with E-state index >= 15 is 0 Å². The van der Waals surface area contributed by atoms with Gasteiger partial charge in [0.25, 0.3) is 0 Å². The quantitative estimate of drug-likeness (QED) is 0.565. The molecular weight excluding hydrogens is 334 g/mol. The molecule has 0 heterocycles. The van der Waals surface area contributed by atoms with Crippen molar-refractivity contribution in [2.75, 3.05) is 6.61 Å². The lowest BCUT2D eigenvalue weighted by atomic mass is 10.0. The van der Waals surface area contributed by atoms with Crippen LogP contribution >= 0.6 is 0 Å². The predicted molar refractivity (Wildman–Crippen MR) is 110 cm³/mol. The van der Waals surface area contributed by atoms with E-state index in [1.54, 1.807) is 6.07 Å². The number of carbonyl (C=O) groups is 1. The number of amides is 1. The van der Waals surface area contributed by atoms with Crippen LogP contribution in [0, 0.1) is 6.92 Å². The zero-order valence-electron chi connectivity index (χ0n) is 15.7. The Labute approximate surface area is 160 Å². The highest BCUT2D eigenvalue weighted by molar-refractivity contribution is 5.94. The fourth-order valence-corrected chi connectivity index (χ4v) is 2.97. The van der Waals surface area contributed by atoms with Crippen molar-refractivity contribution < 1.29 is 9.53 Å². The molecule has 0 saturated carbocycles. The zero-order chi connectivity index (χ0) is 19.1. The molecule has 27 heavy (non-hydrogen) atoms. The summed E-state index contributed by atoms with van der Waals surface area (Å²) in [6.45, 7) is 2.82. The minimum absolute atomic E-state index is 0.414. The second-order valence-corrected chi connectivity index (χ2v) is 6.76. The van der Waals surface area contributed by atoms with Crippen molar-refractivity contribution in [3.63, 3.8) is 0 Å². The maximum absolute atomic E-state index is 11.3. The summed E-state index contributed by atoms with van der Waals surface area (Å²) in [5, 5.41) is 0. The summed E-state index contributed by atoms with van der Waals surface area (Å²) in [6, 6.07) is 24.0. The van der Waals surface area contributed by atoms with Crippen LogP contribution in [0.15, 0.2) is 72.8 Å². The number of unbranched alkanes of at least 4 members (excludes halogenated alkanes) is 1. The van der Waals surface area contributed by atoms with Crippen molar-refractivity contribution in [1.29, 1.82) is 0 Å². The van der Waals surface area contributed by atoms with Gasteiger partial charge in [-0.25, -0.2) is 0 Å². The van der Waals surface area contributed by atoms with E-state index in [9.17, 15) is 4.79 Å². The van der Waals surface area contributed by atoms with Crippen molar-refractivity contribution in [3.05, 3.63) is 89.5 Å². The summed E-state index contributed by atoms with van der Waals surface area (Å²) in [7, 11) is 0. The first-order valence-electron chi connectivity index (χ1n) is 9.30. The van der Waals surface area contributed by atoms with Gasteiger partial charge in [0.05, 0.1) is 6.61 Å². The van der Waals surface area contributed by atoms with E-state index in [1.807, 2.05) is 42.5 Å². The Hall–Kier alpha value is -3.07. The van der Waals surface area contributed by atoms with Crippen LogP contribution in [0.5, 0.6) is 5.75 Å². The number of carbonyl (C=O) groups excluding carboxylic acids is 1. The molecule has 0 spiro atoms. The van der Waals surface area contributed by atoms with E-state index < -0.39 is 5.91 Å². The number of benzene rings is 3. The van der Waals surface area contributed by atoms with Crippen LogP contribution in [0.25, 0.3) is 11.1 Å². The lowest BCUT2D eigenvalue weighted by molar-refractivity contribution is 0.100. The maximum atomic E-state index is 11.3. The van der Waals surface area contributed by atoms with Gasteiger partial charge in [0.2, 0.25) is 5.91 Å². The van der Waals surface area contributed by atoms with Crippen molar-refractivity contribution in [3.8, 4) is 16.9 Å². The number of aryl methyl sites for hydroxylation is 2. The molecule has 0 aliphatic rings. The lowest BCUT2D eigenvalue weighted by Gasteiger charge is -2.08. The highest BCUT2D eigenvalue weighted by Crippen LogP contribution is 2.23. The van der Waals surface area contributed by atoms with Gasteiger partial charge in [-0.15, -0.1) is 0 Å². The fraction of sp³-hybridized carbons (Fsp3) is 0.208. The highest BCUT2D eigenvalue weighted by Gasteiger charge is 2.04. The molecule has 3 heteroatoms. The van der Waals surface area contributed by atoms with E-state index in [4.69, 9.17) is 10.5 Å². The number of ether oxygens (including phenoxy) is 1. The molecule has 0 aliphatic heterocycles. The molecule has 1 amide bonds. The normalized spacial score (nSPS) is 10.6. The molecule has 2 N–H and O–H groups in total. The minimum Gasteiger partial charge on any atom is -0.494 e. The van der Waals surface area contributed by atoms with Crippen molar-refractivity contribution in [2.45, 2.75) is 26.2 Å². The number of primary amides is 1. The van der Waals surface area contributed by atoms with Gasteiger partial charge in [0, 0.05) is 5.56 Å². The van der Waals surface area contributed by atoms with Gasteiger partial charge in [0.1, 0.15) is 5.75 Å². The predicted octanol–water partition coefficient (Wildman–Crippen LogP) is 5.16. The average molecular weight is 359 g/mol. The second kappa shape index (κ2) is 9.04. The monoisotopic (exact) mass is 359 g/mol. The first-order valence-corrected chi connectivity index (χ1v) is 9.30. The molecular formula is C24H25NO2. The minimum atomic E-state index is -0.414. The fourth-order valence-electron chi connectivity index (χ4n) is 2.97. The van der Waals surface area contributed by atoms with Crippen molar-refractivity contribution in [2.24, 2.45) is 5.73 Å². The molecule has 0 radical (unpaired) electrons. The van der Waals surface area contributed by atoms with Gasteiger partial charge in [0.15, 0.2) is 0 Å². The summed E-state index contributed by atoms with van der Waals surface area (Å²) in [5.74, 6) is 0.447. The van der Waals surface area contributed by atoms with Crippen LogP contribution < -0.4 is 10.5 Å². The van der Waals surface area contributed by atoms with Gasteiger partial charge >= 0.3 is 0 Å². The Morgan fingerprint density at radius 3 is 2.33 bits per heavy atom. The van der Waals surface area contributed by atoms with Crippen molar-refractivity contribution in [1.82, 2.24) is 0 Å². The third-order valence-electron chi connectivity index (χ3n) is 4.58. The second-order valence-electron chi connectivity index (χ2n) is 6.76. The van der Waals surface area contributed by atoms with Crippen LogP contribution in [0.4, 0.5) is 0 Å². The lowest BCUT2D eigenvalue weighted by Crippen LogP contribution is -2.10. The largest absolute Gasteiger partial charge is 0.494 e. The van der Waals surface area contributed by atoms with Gasteiger partial charge < -0.3 is 10.5 Å². The molecule has 0 saturated heterocycles.